The van der Waals surface area contributed by atoms with Crippen molar-refractivity contribution < 1.29 is 9.47 Å². The van der Waals surface area contributed by atoms with E-state index in [1.807, 2.05) is 49.5 Å². The zero-order valence-corrected chi connectivity index (χ0v) is 17.0. The molecule has 6 heteroatoms. The summed E-state index contributed by atoms with van der Waals surface area (Å²) < 4.78 is 10.8. The molecule has 0 spiro atoms. The first-order chi connectivity index (χ1) is 14.3. The Morgan fingerprint density at radius 1 is 1.07 bits per heavy atom. The van der Waals surface area contributed by atoms with Gasteiger partial charge in [0.25, 0.3) is 0 Å². The van der Waals surface area contributed by atoms with Gasteiger partial charge >= 0.3 is 0 Å². The Morgan fingerprint density at radius 3 is 2.79 bits per heavy atom. The molecule has 29 heavy (non-hydrogen) atoms. The van der Waals surface area contributed by atoms with E-state index in [-0.39, 0.29) is 0 Å². The lowest BCUT2D eigenvalue weighted by molar-refractivity contribution is 0.172. The number of nitrogens with one attached hydrogen (secondary N) is 2. The third-order valence-corrected chi connectivity index (χ3v) is 4.33. The molecule has 1 aromatic heterocycles. The van der Waals surface area contributed by atoms with Crippen LogP contribution in [0.4, 0.5) is 5.69 Å². The predicted octanol–water partition coefficient (Wildman–Crippen LogP) is 4.23. The van der Waals surface area contributed by atoms with Crippen LogP contribution >= 0.6 is 0 Å². The van der Waals surface area contributed by atoms with E-state index in [2.05, 4.69) is 33.8 Å². The van der Waals surface area contributed by atoms with Gasteiger partial charge in [0, 0.05) is 50.0 Å². The molecule has 0 radical (unpaired) electrons. The van der Waals surface area contributed by atoms with Gasteiger partial charge < -0.3 is 20.1 Å². The van der Waals surface area contributed by atoms with Gasteiger partial charge in [-0.15, -0.1) is 0 Å². The molecular formula is C23H28N4O2. The van der Waals surface area contributed by atoms with Crippen molar-refractivity contribution in [3.63, 3.8) is 0 Å². The molecule has 0 saturated heterocycles. The summed E-state index contributed by atoms with van der Waals surface area (Å²) >= 11 is 0. The van der Waals surface area contributed by atoms with E-state index >= 15 is 0 Å². The van der Waals surface area contributed by atoms with Crippen LogP contribution < -0.4 is 15.4 Å². The summed E-state index contributed by atoms with van der Waals surface area (Å²) in [6.07, 6.45) is 2.68. The van der Waals surface area contributed by atoms with E-state index in [0.717, 1.165) is 46.8 Å². The highest BCUT2D eigenvalue weighted by Gasteiger charge is 2.04. The predicted molar refractivity (Wildman–Crippen MR) is 119 cm³/mol. The normalized spacial score (nSPS) is 11.4. The van der Waals surface area contributed by atoms with Crippen LogP contribution in [0.2, 0.25) is 0 Å². The van der Waals surface area contributed by atoms with Gasteiger partial charge in [0.15, 0.2) is 5.96 Å². The van der Waals surface area contributed by atoms with Gasteiger partial charge in [-0.25, -0.2) is 4.99 Å². The number of para-hydroxylation sites is 1. The molecule has 0 bridgehead atoms. The minimum Gasteiger partial charge on any atom is -0.493 e. The average Bonchev–Trinajstić information content (AvgIpc) is 2.75. The number of aromatic nitrogens is 1. The van der Waals surface area contributed by atoms with Crippen LogP contribution in [0.1, 0.15) is 18.9 Å². The average molecular weight is 393 g/mol. The lowest BCUT2D eigenvalue weighted by Gasteiger charge is -2.13. The third kappa shape index (κ3) is 6.19. The van der Waals surface area contributed by atoms with Crippen molar-refractivity contribution in [3.05, 3.63) is 66.4 Å². The van der Waals surface area contributed by atoms with E-state index in [9.17, 15) is 0 Å². The second-order valence-electron chi connectivity index (χ2n) is 6.54. The summed E-state index contributed by atoms with van der Waals surface area (Å²) in [4.78, 5) is 9.25. The van der Waals surface area contributed by atoms with Crippen LogP contribution in [0.3, 0.4) is 0 Å². The van der Waals surface area contributed by atoms with Crippen LogP contribution in [-0.4, -0.2) is 37.8 Å². The van der Waals surface area contributed by atoms with Crippen LogP contribution in [0.25, 0.3) is 10.9 Å². The van der Waals surface area contributed by atoms with Crippen molar-refractivity contribution in [2.45, 2.75) is 19.9 Å². The second kappa shape index (κ2) is 11.0. The molecule has 0 unspecified atom stereocenters. The second-order valence-corrected chi connectivity index (χ2v) is 6.54. The van der Waals surface area contributed by atoms with Gasteiger partial charge in [0.1, 0.15) is 5.75 Å². The van der Waals surface area contributed by atoms with Gasteiger partial charge in [-0.3, -0.25) is 4.98 Å². The van der Waals surface area contributed by atoms with Crippen LogP contribution in [-0.2, 0) is 11.3 Å². The van der Waals surface area contributed by atoms with E-state index in [0.29, 0.717) is 19.8 Å². The van der Waals surface area contributed by atoms with E-state index in [4.69, 9.17) is 14.5 Å². The van der Waals surface area contributed by atoms with Gasteiger partial charge in [-0.2, -0.15) is 0 Å². The molecule has 0 atom stereocenters. The number of anilines is 1. The molecule has 0 amide bonds. The molecule has 0 saturated carbocycles. The van der Waals surface area contributed by atoms with Crippen LogP contribution in [0.5, 0.6) is 5.75 Å². The monoisotopic (exact) mass is 392 g/mol. The van der Waals surface area contributed by atoms with E-state index in [1.54, 1.807) is 7.11 Å². The van der Waals surface area contributed by atoms with Crippen molar-refractivity contribution >= 4 is 22.5 Å². The Morgan fingerprint density at radius 2 is 1.93 bits per heavy atom. The molecular weight excluding hydrogens is 364 g/mol. The standard InChI is InChI=1S/C23H28N4O2/c1-3-24-23(26-17-19-9-4-8-18-10-6-13-25-22(18)19)27-20-11-5-12-21(16-20)29-15-7-14-28-2/h4-6,8-13,16H,3,7,14-15,17H2,1-2H3,(H2,24,26,27). The molecule has 0 aliphatic rings. The zero-order chi connectivity index (χ0) is 20.3. The first-order valence-corrected chi connectivity index (χ1v) is 9.90. The molecule has 0 aliphatic carbocycles. The number of benzene rings is 2. The van der Waals surface area contributed by atoms with Gasteiger partial charge in [-0.05, 0) is 30.7 Å². The maximum absolute atomic E-state index is 5.78. The summed E-state index contributed by atoms with van der Waals surface area (Å²) in [6.45, 7) is 4.67. The molecule has 152 valence electrons. The van der Waals surface area contributed by atoms with E-state index < -0.39 is 0 Å². The maximum Gasteiger partial charge on any atom is 0.196 e. The minimum absolute atomic E-state index is 0.539. The van der Waals surface area contributed by atoms with Crippen molar-refractivity contribution in [1.82, 2.24) is 10.3 Å². The number of nitrogens with zero attached hydrogens (tertiary/aromatic N) is 2. The van der Waals surface area contributed by atoms with Crippen molar-refractivity contribution in [3.8, 4) is 5.75 Å². The summed E-state index contributed by atoms with van der Waals surface area (Å²) in [7, 11) is 1.69. The highest BCUT2D eigenvalue weighted by atomic mass is 16.5. The highest BCUT2D eigenvalue weighted by Crippen LogP contribution is 2.19. The van der Waals surface area contributed by atoms with Crippen molar-refractivity contribution in [2.24, 2.45) is 4.99 Å². The number of ether oxygens (including phenoxy) is 2. The molecule has 1 heterocycles. The Kier molecular flexibility index (Phi) is 7.83. The molecule has 3 rings (SSSR count). The van der Waals surface area contributed by atoms with E-state index in [1.165, 1.54) is 0 Å². The molecule has 3 aromatic rings. The smallest absolute Gasteiger partial charge is 0.196 e. The molecule has 0 aliphatic heterocycles. The Balaban J connectivity index is 1.69. The van der Waals surface area contributed by atoms with Crippen LogP contribution in [0, 0.1) is 0 Å². The lowest BCUT2D eigenvalue weighted by Crippen LogP contribution is -2.30. The lowest BCUT2D eigenvalue weighted by atomic mass is 10.1. The number of guanidine groups is 1. The molecule has 6 nitrogen and oxygen atoms in total. The molecule has 0 fully saturated rings. The fourth-order valence-corrected chi connectivity index (χ4v) is 2.96. The number of hydrogen-bond acceptors (Lipinski definition) is 4. The quantitative estimate of drug-likeness (QED) is 0.324. The topological polar surface area (TPSA) is 67.8 Å². The molecule has 2 N–H and O–H groups in total. The fraction of sp³-hybridized carbons (Fsp3) is 0.304. The fourth-order valence-electron chi connectivity index (χ4n) is 2.96. The Hall–Kier alpha value is -3.12. The van der Waals surface area contributed by atoms with Crippen molar-refractivity contribution in [1.29, 1.82) is 0 Å². The number of pyridine rings is 1. The Bertz CT molecular complexity index is 938. The zero-order valence-electron chi connectivity index (χ0n) is 17.0. The first kappa shape index (κ1) is 20.6. The summed E-state index contributed by atoms with van der Waals surface area (Å²) in [5.41, 5.74) is 3.00. The number of methoxy groups -OCH3 is 1. The molecule has 2 aromatic carbocycles. The number of fused-ring (bicyclic) bond motifs is 1. The number of aliphatic imine (C=N–C) groups is 1. The first-order valence-electron chi connectivity index (χ1n) is 9.90. The minimum atomic E-state index is 0.539. The highest BCUT2D eigenvalue weighted by molar-refractivity contribution is 5.94. The number of rotatable bonds is 9. The van der Waals surface area contributed by atoms with Crippen molar-refractivity contribution in [2.75, 3.05) is 32.2 Å². The largest absolute Gasteiger partial charge is 0.493 e. The summed E-state index contributed by atoms with van der Waals surface area (Å²) in [5, 5.41) is 7.77. The Labute approximate surface area is 172 Å². The van der Waals surface area contributed by atoms with Gasteiger partial charge in [-0.1, -0.05) is 30.3 Å². The number of hydrogen-bond donors (Lipinski definition) is 2. The summed E-state index contributed by atoms with van der Waals surface area (Å²) in [6, 6.07) is 18.1. The third-order valence-electron chi connectivity index (χ3n) is 4.33. The SMILES string of the molecule is CCNC(=NCc1cccc2cccnc12)Nc1cccc(OCCCOC)c1. The maximum atomic E-state index is 5.78. The van der Waals surface area contributed by atoms with Gasteiger partial charge in [0.05, 0.1) is 18.7 Å². The van der Waals surface area contributed by atoms with Crippen LogP contribution in [0.15, 0.2) is 65.8 Å². The van der Waals surface area contributed by atoms with Gasteiger partial charge in [0.2, 0.25) is 0 Å². The summed E-state index contributed by atoms with van der Waals surface area (Å²) in [5.74, 6) is 1.54.